The number of nitrogens with zero attached hydrogens (tertiary/aromatic N) is 1. The summed E-state index contributed by atoms with van der Waals surface area (Å²) in [6.07, 6.45) is 4.12. The Kier molecular flexibility index (Phi) is 5.15. The van der Waals surface area contributed by atoms with Crippen molar-refractivity contribution in [2.24, 2.45) is 0 Å². The Labute approximate surface area is 140 Å². The summed E-state index contributed by atoms with van der Waals surface area (Å²) in [6.45, 7) is 1.27. The minimum Gasteiger partial charge on any atom is -0.390 e. The first-order valence-corrected chi connectivity index (χ1v) is 8.67. The zero-order valence-electron chi connectivity index (χ0n) is 13.7. The van der Waals surface area contributed by atoms with Crippen LogP contribution in [0.2, 0.25) is 0 Å². The van der Waals surface area contributed by atoms with Crippen LogP contribution < -0.4 is 5.32 Å². The molecule has 0 radical (unpaired) electrons. The molecule has 0 unspecified atom stereocenters. The van der Waals surface area contributed by atoms with Gasteiger partial charge in [0.15, 0.2) is 0 Å². The van der Waals surface area contributed by atoms with Gasteiger partial charge in [0, 0.05) is 43.2 Å². The molecule has 132 valence electrons. The molecular weight excluding hydrogens is 314 g/mol. The first-order chi connectivity index (χ1) is 11.5. The van der Waals surface area contributed by atoms with Crippen LogP contribution in [0, 0.1) is 11.6 Å². The maximum atomic E-state index is 14.3. The van der Waals surface area contributed by atoms with Crippen LogP contribution in [0.4, 0.5) is 8.78 Å². The van der Waals surface area contributed by atoms with Crippen LogP contribution in [0.3, 0.4) is 0 Å². The van der Waals surface area contributed by atoms with E-state index in [1.54, 1.807) is 4.90 Å². The molecule has 24 heavy (non-hydrogen) atoms. The third-order valence-electron chi connectivity index (χ3n) is 5.18. The summed E-state index contributed by atoms with van der Waals surface area (Å²) in [6, 6.07) is 3.69. The molecule has 0 bridgehead atoms. The molecule has 1 saturated carbocycles. The van der Waals surface area contributed by atoms with Crippen molar-refractivity contribution in [1.82, 2.24) is 10.2 Å². The standard InChI is InChI=1S/C18H24F2N2O2/c19-13-5-6-15(16(20)10-13)18(7-1-2-8-18)21-11-14(23)12-22-9-3-4-17(22)24/h5-6,10,14,21,23H,1-4,7-9,11-12H2/t14-/m0/s1. The lowest BCUT2D eigenvalue weighted by Gasteiger charge is -2.33. The predicted molar refractivity (Wildman–Crippen MR) is 86.3 cm³/mol. The molecule has 6 heteroatoms. The smallest absolute Gasteiger partial charge is 0.222 e. The number of carbonyl (C=O) groups is 1. The fourth-order valence-electron chi connectivity index (χ4n) is 3.93. The topological polar surface area (TPSA) is 52.6 Å². The molecule has 1 atom stereocenters. The van der Waals surface area contributed by atoms with Gasteiger partial charge >= 0.3 is 0 Å². The molecule has 1 heterocycles. The third-order valence-corrected chi connectivity index (χ3v) is 5.18. The quantitative estimate of drug-likeness (QED) is 0.837. The number of β-amino-alcohol motifs (C(OH)–C–C–N with tert-alkyl or cyclic N) is 1. The minimum absolute atomic E-state index is 0.0780. The van der Waals surface area contributed by atoms with Gasteiger partial charge in [-0.3, -0.25) is 4.79 Å². The molecule has 0 spiro atoms. The highest BCUT2D eigenvalue weighted by Crippen LogP contribution is 2.40. The van der Waals surface area contributed by atoms with Crippen molar-refractivity contribution < 1.29 is 18.7 Å². The normalized spacial score (nSPS) is 21.5. The number of rotatable bonds is 6. The molecule has 1 amide bonds. The van der Waals surface area contributed by atoms with Gasteiger partial charge in [-0.15, -0.1) is 0 Å². The van der Waals surface area contributed by atoms with E-state index >= 15 is 0 Å². The highest BCUT2D eigenvalue weighted by atomic mass is 19.1. The fourth-order valence-corrected chi connectivity index (χ4v) is 3.93. The Balaban J connectivity index is 1.66. The maximum Gasteiger partial charge on any atom is 0.222 e. The van der Waals surface area contributed by atoms with E-state index in [9.17, 15) is 18.7 Å². The van der Waals surface area contributed by atoms with E-state index in [2.05, 4.69) is 5.32 Å². The lowest BCUT2D eigenvalue weighted by atomic mass is 9.87. The van der Waals surface area contributed by atoms with Crippen LogP contribution >= 0.6 is 0 Å². The van der Waals surface area contributed by atoms with Crippen molar-refractivity contribution in [3.8, 4) is 0 Å². The highest BCUT2D eigenvalue weighted by Gasteiger charge is 2.38. The summed E-state index contributed by atoms with van der Waals surface area (Å²) >= 11 is 0. The van der Waals surface area contributed by atoms with Gasteiger partial charge in [0.05, 0.1) is 6.10 Å². The highest BCUT2D eigenvalue weighted by molar-refractivity contribution is 5.78. The third kappa shape index (κ3) is 3.59. The van der Waals surface area contributed by atoms with E-state index in [0.717, 1.165) is 38.2 Å². The average molecular weight is 338 g/mol. The molecule has 4 nitrogen and oxygen atoms in total. The summed E-state index contributed by atoms with van der Waals surface area (Å²) < 4.78 is 27.5. The molecule has 3 rings (SSSR count). The van der Waals surface area contributed by atoms with E-state index in [4.69, 9.17) is 0 Å². The Hall–Kier alpha value is -1.53. The van der Waals surface area contributed by atoms with Gasteiger partial charge in [0.2, 0.25) is 5.91 Å². The molecule has 2 aliphatic rings. The predicted octanol–water partition coefficient (Wildman–Crippen LogP) is 2.31. The summed E-state index contributed by atoms with van der Waals surface area (Å²) in [7, 11) is 0. The van der Waals surface area contributed by atoms with E-state index in [-0.39, 0.29) is 12.5 Å². The monoisotopic (exact) mass is 338 g/mol. The van der Waals surface area contributed by atoms with Gasteiger partial charge in [0.25, 0.3) is 0 Å². The summed E-state index contributed by atoms with van der Waals surface area (Å²) in [4.78, 5) is 13.3. The van der Waals surface area contributed by atoms with Crippen LogP contribution in [-0.2, 0) is 10.3 Å². The Bertz CT molecular complexity index is 603. The number of aliphatic hydroxyl groups is 1. The molecule has 1 aliphatic carbocycles. The number of likely N-dealkylation sites (tertiary alicyclic amines) is 1. The number of amides is 1. The molecular formula is C18H24F2N2O2. The van der Waals surface area contributed by atoms with Crippen LogP contribution in [0.15, 0.2) is 18.2 Å². The second-order valence-corrected chi connectivity index (χ2v) is 6.89. The lowest BCUT2D eigenvalue weighted by molar-refractivity contribution is -0.128. The largest absolute Gasteiger partial charge is 0.390 e. The molecule has 0 aromatic heterocycles. The summed E-state index contributed by atoms with van der Waals surface area (Å²) in [5.74, 6) is -1.06. The Morgan fingerprint density at radius 3 is 2.62 bits per heavy atom. The van der Waals surface area contributed by atoms with Crippen LogP contribution in [-0.4, -0.2) is 41.7 Å². The zero-order chi connectivity index (χ0) is 17.2. The number of halogens is 2. The van der Waals surface area contributed by atoms with Gasteiger partial charge in [-0.2, -0.15) is 0 Å². The van der Waals surface area contributed by atoms with E-state index in [1.165, 1.54) is 12.1 Å². The zero-order valence-corrected chi connectivity index (χ0v) is 13.7. The van der Waals surface area contributed by atoms with Gasteiger partial charge in [-0.25, -0.2) is 8.78 Å². The number of carbonyl (C=O) groups excluding carboxylic acids is 1. The Morgan fingerprint density at radius 1 is 1.25 bits per heavy atom. The lowest BCUT2D eigenvalue weighted by Crippen LogP contribution is -2.47. The average Bonchev–Trinajstić information content (AvgIpc) is 3.16. The number of benzene rings is 1. The molecule has 1 aliphatic heterocycles. The number of nitrogens with one attached hydrogen (secondary N) is 1. The minimum atomic E-state index is -0.701. The van der Waals surface area contributed by atoms with Crippen molar-refractivity contribution in [3.63, 3.8) is 0 Å². The van der Waals surface area contributed by atoms with Crippen molar-refractivity contribution in [3.05, 3.63) is 35.4 Å². The first kappa shape index (κ1) is 17.3. The van der Waals surface area contributed by atoms with E-state index in [1.807, 2.05) is 0 Å². The molecule has 2 fully saturated rings. The number of aliphatic hydroxyl groups excluding tert-OH is 1. The van der Waals surface area contributed by atoms with Gasteiger partial charge < -0.3 is 15.3 Å². The van der Waals surface area contributed by atoms with Gasteiger partial charge in [-0.1, -0.05) is 18.9 Å². The molecule has 1 aromatic rings. The van der Waals surface area contributed by atoms with Gasteiger partial charge in [-0.05, 0) is 25.3 Å². The SMILES string of the molecule is O=C1CCCN1C[C@@H](O)CNC1(c2ccc(F)cc2F)CCCC1. The van der Waals surface area contributed by atoms with Crippen molar-refractivity contribution in [2.75, 3.05) is 19.6 Å². The molecule has 1 saturated heterocycles. The van der Waals surface area contributed by atoms with Crippen LogP contribution in [0.5, 0.6) is 0 Å². The van der Waals surface area contributed by atoms with E-state index < -0.39 is 23.3 Å². The van der Waals surface area contributed by atoms with Crippen molar-refractivity contribution in [2.45, 2.75) is 50.2 Å². The van der Waals surface area contributed by atoms with Gasteiger partial charge in [0.1, 0.15) is 11.6 Å². The Morgan fingerprint density at radius 2 is 2.00 bits per heavy atom. The first-order valence-electron chi connectivity index (χ1n) is 8.67. The fraction of sp³-hybridized carbons (Fsp3) is 0.611. The molecule has 2 N–H and O–H groups in total. The van der Waals surface area contributed by atoms with E-state index in [0.29, 0.717) is 25.1 Å². The number of hydrogen-bond donors (Lipinski definition) is 2. The summed E-state index contributed by atoms with van der Waals surface area (Å²) in [5, 5.41) is 13.6. The summed E-state index contributed by atoms with van der Waals surface area (Å²) in [5.41, 5.74) is -0.0980. The molecule has 1 aromatic carbocycles. The van der Waals surface area contributed by atoms with Crippen LogP contribution in [0.25, 0.3) is 0 Å². The second-order valence-electron chi connectivity index (χ2n) is 6.89. The second kappa shape index (κ2) is 7.15. The van der Waals surface area contributed by atoms with Crippen molar-refractivity contribution in [1.29, 1.82) is 0 Å². The van der Waals surface area contributed by atoms with Crippen molar-refractivity contribution >= 4 is 5.91 Å². The maximum absolute atomic E-state index is 14.3. The van der Waals surface area contributed by atoms with Crippen LogP contribution in [0.1, 0.15) is 44.1 Å². The number of hydrogen-bond acceptors (Lipinski definition) is 3.